The van der Waals surface area contributed by atoms with Crippen LogP contribution >= 0.6 is 11.9 Å². The molecule has 1 rings (SSSR count). The van der Waals surface area contributed by atoms with Gasteiger partial charge in [0.2, 0.25) is 0 Å². The van der Waals surface area contributed by atoms with Gasteiger partial charge < -0.3 is 21.7 Å². The van der Waals surface area contributed by atoms with Crippen LogP contribution in [0.3, 0.4) is 0 Å². The highest BCUT2D eigenvalue weighted by atomic mass is 32.2. The summed E-state index contributed by atoms with van der Waals surface area (Å²) in [5.41, 5.74) is 10.5. The topological polar surface area (TPSA) is 168 Å². The lowest BCUT2D eigenvalue weighted by Gasteiger charge is -2.32. The maximum atomic E-state index is 12.9. The van der Waals surface area contributed by atoms with E-state index in [1.165, 1.54) is 0 Å². The van der Waals surface area contributed by atoms with E-state index in [0.717, 1.165) is 0 Å². The molecule has 0 aromatic rings. The third kappa shape index (κ3) is 4.65. The van der Waals surface area contributed by atoms with E-state index in [2.05, 4.69) is 9.57 Å². The summed E-state index contributed by atoms with van der Waals surface area (Å²) in [7, 11) is 0. The second-order valence-electron chi connectivity index (χ2n) is 5.93. The van der Waals surface area contributed by atoms with E-state index in [4.69, 9.17) is 11.5 Å². The summed E-state index contributed by atoms with van der Waals surface area (Å²) in [5, 5.41) is 19.5. The van der Waals surface area contributed by atoms with Crippen LogP contribution in [0, 0.1) is 10.8 Å². The Hall–Kier alpha value is -1.72. The molecule has 1 aliphatic heterocycles. The molecule has 1 heterocycles. The zero-order chi connectivity index (χ0) is 18.3. The van der Waals surface area contributed by atoms with E-state index in [9.17, 15) is 24.7 Å². The van der Waals surface area contributed by atoms with Gasteiger partial charge in [-0.3, -0.25) is 4.99 Å². The van der Waals surface area contributed by atoms with Crippen molar-refractivity contribution in [2.24, 2.45) is 27.0 Å². The predicted octanol–water partition coefficient (Wildman–Crippen LogP) is 0.245. The third-order valence-corrected chi connectivity index (χ3v) is 4.94. The highest BCUT2D eigenvalue weighted by molar-refractivity contribution is 7.97. The fraction of sp³-hybridized carbons (Fsp3) is 0.769. The number of imide groups is 1. The quantitative estimate of drug-likeness (QED) is 0.119. The molecule has 0 bridgehead atoms. The molecule has 0 radical (unpaired) electrons. The lowest BCUT2D eigenvalue weighted by Crippen LogP contribution is -2.61. The predicted molar refractivity (Wildman–Crippen MR) is 89.9 cm³/mol. The zero-order valence-corrected chi connectivity index (χ0v) is 14.3. The van der Waals surface area contributed by atoms with E-state index in [0.29, 0.717) is 31.3 Å². The van der Waals surface area contributed by atoms with Crippen LogP contribution in [0.2, 0.25) is 0 Å². The third-order valence-electron chi connectivity index (χ3n) is 4.28. The number of hydrogen-bond acceptors (Lipinski definition) is 7. The van der Waals surface area contributed by atoms with Crippen molar-refractivity contribution in [1.29, 1.82) is 0 Å². The standard InChI is InChI=1S/C13H23N5O5S/c1-8-5-10(19)6-18(8,13(21)22)11(20)9(7-24-17-23)3-2-4-16-12(14)15/h8-10,19H,2-7H2,1H3,(H4-,14,15,16,21,22)/p+1/t8-,9-,10?,18?/m1/s1. The number of carbonyl (C=O) groups is 2. The molecule has 0 saturated carbocycles. The molecule has 10 nitrogen and oxygen atoms in total. The number of aliphatic hydroxyl groups excluding tert-OH is 1. The Morgan fingerprint density at radius 2 is 2.08 bits per heavy atom. The largest absolute Gasteiger partial charge is 0.521 e. The average molecular weight is 362 g/mol. The zero-order valence-electron chi connectivity index (χ0n) is 13.5. The van der Waals surface area contributed by atoms with Crippen LogP contribution in [0.4, 0.5) is 4.79 Å². The van der Waals surface area contributed by atoms with Crippen molar-refractivity contribution in [2.45, 2.75) is 38.3 Å². The SMILES string of the molecule is C[C@@H]1CC(O)C[N+]1(C(=O)O)C(=O)[C@H](CCCN=C(N)N)CSN=O. The van der Waals surface area contributed by atoms with Crippen molar-refractivity contribution in [3.05, 3.63) is 4.91 Å². The maximum absolute atomic E-state index is 12.9. The molecule has 6 N–H and O–H groups in total. The summed E-state index contributed by atoms with van der Waals surface area (Å²) in [5.74, 6) is -1.19. The van der Waals surface area contributed by atoms with Crippen molar-refractivity contribution < 1.29 is 24.3 Å². The summed E-state index contributed by atoms with van der Waals surface area (Å²) in [4.78, 5) is 39.0. The summed E-state index contributed by atoms with van der Waals surface area (Å²) in [6.45, 7) is 1.76. The second-order valence-corrected chi connectivity index (χ2v) is 6.67. The molecule has 0 aromatic carbocycles. The van der Waals surface area contributed by atoms with E-state index < -0.39 is 34.5 Å². The van der Waals surface area contributed by atoms with E-state index in [1.54, 1.807) is 6.92 Å². The van der Waals surface area contributed by atoms with Crippen molar-refractivity contribution >= 4 is 29.9 Å². The number of nitroso groups, excluding NO2 is 1. The van der Waals surface area contributed by atoms with Crippen molar-refractivity contribution in [1.82, 2.24) is 0 Å². The minimum Gasteiger partial charge on any atom is -0.435 e. The van der Waals surface area contributed by atoms with Gasteiger partial charge in [0.05, 0.1) is 5.92 Å². The number of carboxylic acid groups (broad SMARTS) is 1. The summed E-state index contributed by atoms with van der Waals surface area (Å²) < 4.78 is 1.86. The lowest BCUT2D eigenvalue weighted by molar-refractivity contribution is -0.795. The molecule has 0 spiro atoms. The Labute approximate surface area is 144 Å². The first kappa shape index (κ1) is 20.3. The van der Waals surface area contributed by atoms with Gasteiger partial charge >= 0.3 is 12.0 Å². The van der Waals surface area contributed by atoms with Crippen LogP contribution in [0.5, 0.6) is 0 Å². The van der Waals surface area contributed by atoms with Crippen LogP contribution in [-0.4, -0.2) is 63.6 Å². The molecule has 2 amide bonds. The number of aliphatic imine (C=N–C) groups is 1. The van der Waals surface area contributed by atoms with Gasteiger partial charge in [-0.05, 0) is 19.8 Å². The van der Waals surface area contributed by atoms with Crippen LogP contribution in [0.1, 0.15) is 26.2 Å². The highest BCUT2D eigenvalue weighted by Gasteiger charge is 2.57. The molecule has 1 aliphatic rings. The first-order valence-electron chi connectivity index (χ1n) is 7.59. The van der Waals surface area contributed by atoms with Crippen LogP contribution < -0.4 is 11.5 Å². The number of guanidine groups is 1. The molecule has 0 aromatic heterocycles. The Morgan fingerprint density at radius 3 is 2.54 bits per heavy atom. The number of quaternary nitrogens is 1. The Bertz CT molecular complexity index is 513. The van der Waals surface area contributed by atoms with Crippen molar-refractivity contribution in [3.8, 4) is 0 Å². The number of nitrogens with two attached hydrogens (primary N) is 2. The first-order valence-corrected chi connectivity index (χ1v) is 8.53. The first-order chi connectivity index (χ1) is 11.3. The fourth-order valence-electron chi connectivity index (χ4n) is 3.10. The van der Waals surface area contributed by atoms with Crippen LogP contribution in [0.25, 0.3) is 0 Å². The number of carbonyl (C=O) groups excluding carboxylic acids is 1. The van der Waals surface area contributed by atoms with E-state index in [-0.39, 0.29) is 24.7 Å². The van der Waals surface area contributed by atoms with Gasteiger partial charge in [-0.15, -0.1) is 4.91 Å². The maximum Gasteiger partial charge on any atom is 0.521 e. The number of rotatable bonds is 8. The van der Waals surface area contributed by atoms with Crippen LogP contribution in [0.15, 0.2) is 9.57 Å². The molecular formula is C13H24N5O5S+. The Morgan fingerprint density at radius 1 is 1.42 bits per heavy atom. The molecule has 4 atom stereocenters. The van der Waals surface area contributed by atoms with Gasteiger partial charge in [-0.1, -0.05) is 0 Å². The highest BCUT2D eigenvalue weighted by Crippen LogP contribution is 2.32. The summed E-state index contributed by atoms with van der Waals surface area (Å²) >= 11 is 0.678. The average Bonchev–Trinajstić information content (AvgIpc) is 2.81. The Kier molecular flexibility index (Phi) is 7.58. The number of hydrogen-bond donors (Lipinski definition) is 4. The van der Waals surface area contributed by atoms with Gasteiger partial charge in [0.15, 0.2) is 5.96 Å². The minimum absolute atomic E-state index is 0.0628. The lowest BCUT2D eigenvalue weighted by atomic mass is 10.0. The summed E-state index contributed by atoms with van der Waals surface area (Å²) in [6, 6.07) is -0.542. The van der Waals surface area contributed by atoms with Gasteiger partial charge in [0.1, 0.15) is 18.7 Å². The van der Waals surface area contributed by atoms with Gasteiger partial charge in [-0.25, -0.2) is 4.79 Å². The Balaban J connectivity index is 2.93. The summed E-state index contributed by atoms with van der Waals surface area (Å²) in [6.07, 6.45) is -1.11. The number of aliphatic hydroxyl groups is 1. The molecule has 1 fully saturated rings. The van der Waals surface area contributed by atoms with Crippen molar-refractivity contribution in [3.63, 3.8) is 0 Å². The van der Waals surface area contributed by atoms with Gasteiger partial charge in [-0.2, -0.15) is 9.28 Å². The normalized spacial score (nSPS) is 27.4. The monoisotopic (exact) mass is 362 g/mol. The van der Waals surface area contributed by atoms with Gasteiger partial charge in [0, 0.05) is 35.2 Å². The molecule has 0 aliphatic carbocycles. The minimum atomic E-state index is -1.29. The second kappa shape index (κ2) is 8.94. The molecule has 24 heavy (non-hydrogen) atoms. The number of likely N-dealkylation sites (tertiary alicyclic amines) is 1. The van der Waals surface area contributed by atoms with E-state index in [1.807, 2.05) is 0 Å². The van der Waals surface area contributed by atoms with Crippen molar-refractivity contribution in [2.75, 3.05) is 18.8 Å². The molecule has 1 saturated heterocycles. The van der Waals surface area contributed by atoms with Gasteiger partial charge in [0.25, 0.3) is 0 Å². The smallest absolute Gasteiger partial charge is 0.435 e. The molecule has 11 heteroatoms. The fourth-order valence-corrected chi connectivity index (χ4v) is 3.65. The molecule has 2 unspecified atom stereocenters. The molecule has 136 valence electrons. The molecular weight excluding hydrogens is 338 g/mol. The number of nitrogens with zero attached hydrogens (tertiary/aromatic N) is 3. The van der Waals surface area contributed by atoms with E-state index >= 15 is 0 Å². The number of amides is 2. The van der Waals surface area contributed by atoms with Crippen LogP contribution in [-0.2, 0) is 4.79 Å².